The van der Waals surface area contributed by atoms with Crippen molar-refractivity contribution in [2.24, 2.45) is 0 Å². The molecule has 144 valence electrons. The van der Waals surface area contributed by atoms with Gasteiger partial charge >= 0.3 is 5.97 Å². The van der Waals surface area contributed by atoms with E-state index in [4.69, 9.17) is 4.74 Å². The lowest BCUT2D eigenvalue weighted by atomic mass is 10.0. The van der Waals surface area contributed by atoms with Crippen molar-refractivity contribution >= 4 is 11.9 Å². The number of ether oxygens (including phenoxy) is 1. The van der Waals surface area contributed by atoms with E-state index in [1.165, 1.54) is 0 Å². The number of carbonyl (C=O) groups excluding carboxylic acids is 2. The number of nitrogens with zero attached hydrogens (tertiary/aromatic N) is 1. The molecule has 1 aliphatic heterocycles. The summed E-state index contributed by atoms with van der Waals surface area (Å²) in [5, 5.41) is 3.33. The number of rotatable bonds is 7. The molecule has 2 aromatic rings. The number of hydrogen-bond acceptors (Lipinski definition) is 4. The lowest BCUT2D eigenvalue weighted by Crippen LogP contribution is -2.46. The van der Waals surface area contributed by atoms with Gasteiger partial charge in [0, 0.05) is 12.6 Å². The Balaban J connectivity index is 1.64. The first-order valence-electron chi connectivity index (χ1n) is 9.60. The van der Waals surface area contributed by atoms with Crippen LogP contribution in [-0.2, 0) is 11.3 Å². The third-order valence-electron chi connectivity index (χ3n) is 4.82. The average Bonchev–Trinajstić information content (AvgIpc) is 3.21. The molecule has 1 aliphatic rings. The molecule has 6 nitrogen and oxygen atoms in total. The molecule has 0 bridgehead atoms. The smallest absolute Gasteiger partial charge is 0.355 e. The summed E-state index contributed by atoms with van der Waals surface area (Å²) in [4.78, 5) is 30.1. The van der Waals surface area contributed by atoms with Crippen LogP contribution in [0.25, 0.3) is 0 Å². The number of esters is 1. The normalized spacial score (nSPS) is 14.7. The highest BCUT2D eigenvalue weighted by Crippen LogP contribution is 2.17. The topological polar surface area (TPSA) is 74.4 Å². The van der Waals surface area contributed by atoms with Gasteiger partial charge in [-0.15, -0.1) is 0 Å². The molecule has 1 aromatic carbocycles. The van der Waals surface area contributed by atoms with Crippen LogP contribution in [0, 0.1) is 0 Å². The van der Waals surface area contributed by atoms with Crippen molar-refractivity contribution in [3.63, 3.8) is 0 Å². The van der Waals surface area contributed by atoms with Crippen LogP contribution in [0.2, 0.25) is 0 Å². The highest BCUT2D eigenvalue weighted by Gasteiger charge is 2.26. The summed E-state index contributed by atoms with van der Waals surface area (Å²) >= 11 is 0. The summed E-state index contributed by atoms with van der Waals surface area (Å²) in [5.74, 6) is -0.507. The van der Waals surface area contributed by atoms with E-state index >= 15 is 0 Å². The van der Waals surface area contributed by atoms with E-state index in [-0.39, 0.29) is 18.6 Å². The second-order valence-electron chi connectivity index (χ2n) is 6.83. The van der Waals surface area contributed by atoms with Gasteiger partial charge in [0.15, 0.2) is 0 Å². The highest BCUT2D eigenvalue weighted by atomic mass is 16.5. The first-order chi connectivity index (χ1) is 13.2. The Bertz CT molecular complexity index is 751. The Kier molecular flexibility index (Phi) is 6.65. The van der Waals surface area contributed by atoms with Crippen LogP contribution in [0.4, 0.5) is 0 Å². The van der Waals surface area contributed by atoms with Crippen LogP contribution in [0.15, 0.2) is 42.5 Å². The van der Waals surface area contributed by atoms with E-state index in [9.17, 15) is 9.59 Å². The number of nitrogens with one attached hydrogen (secondary N) is 2. The maximum Gasteiger partial charge on any atom is 0.355 e. The van der Waals surface area contributed by atoms with Crippen LogP contribution in [-0.4, -0.2) is 47.4 Å². The summed E-state index contributed by atoms with van der Waals surface area (Å²) in [7, 11) is 0. The van der Waals surface area contributed by atoms with Crippen molar-refractivity contribution in [2.75, 3.05) is 19.6 Å². The summed E-state index contributed by atoms with van der Waals surface area (Å²) < 4.78 is 5.33. The Morgan fingerprint density at radius 3 is 2.48 bits per heavy atom. The largest absolute Gasteiger partial charge is 0.456 e. The van der Waals surface area contributed by atoms with Gasteiger partial charge in [-0.3, -0.25) is 4.79 Å². The third-order valence-corrected chi connectivity index (χ3v) is 4.82. The zero-order chi connectivity index (χ0) is 19.1. The maximum atomic E-state index is 13.0. The molecule has 1 aromatic heterocycles. The fourth-order valence-electron chi connectivity index (χ4n) is 3.40. The van der Waals surface area contributed by atoms with Crippen LogP contribution in [0.5, 0.6) is 0 Å². The van der Waals surface area contributed by atoms with Crippen molar-refractivity contribution in [1.29, 1.82) is 0 Å². The Labute approximate surface area is 159 Å². The molecule has 3 rings (SSSR count). The molecule has 1 amide bonds. The molecule has 0 saturated carbocycles. The quantitative estimate of drug-likeness (QED) is 0.736. The summed E-state index contributed by atoms with van der Waals surface area (Å²) in [5.41, 5.74) is 1.67. The molecular formula is C21H27N3O3. The van der Waals surface area contributed by atoms with Gasteiger partial charge in [0.25, 0.3) is 5.91 Å². The summed E-state index contributed by atoms with van der Waals surface area (Å²) in [6.45, 7) is 4.86. The molecule has 27 heavy (non-hydrogen) atoms. The maximum absolute atomic E-state index is 13.0. The van der Waals surface area contributed by atoms with Gasteiger partial charge in [0.1, 0.15) is 18.0 Å². The zero-order valence-corrected chi connectivity index (χ0v) is 15.7. The van der Waals surface area contributed by atoms with E-state index in [2.05, 4.69) is 17.2 Å². The number of hydrogen-bond donors (Lipinski definition) is 2. The lowest BCUT2D eigenvalue weighted by Gasteiger charge is -2.34. The van der Waals surface area contributed by atoms with Crippen molar-refractivity contribution < 1.29 is 14.3 Å². The van der Waals surface area contributed by atoms with E-state index < -0.39 is 5.97 Å². The van der Waals surface area contributed by atoms with Gasteiger partial charge in [0.2, 0.25) is 0 Å². The first-order valence-corrected chi connectivity index (χ1v) is 9.60. The molecule has 1 fully saturated rings. The first kappa shape index (κ1) is 19.2. The van der Waals surface area contributed by atoms with Gasteiger partial charge in [-0.1, -0.05) is 37.3 Å². The molecule has 0 atom stereocenters. The van der Waals surface area contributed by atoms with E-state index in [0.717, 1.165) is 44.5 Å². The molecule has 0 radical (unpaired) electrons. The minimum atomic E-state index is -0.457. The highest BCUT2D eigenvalue weighted by molar-refractivity contribution is 5.95. The van der Waals surface area contributed by atoms with Gasteiger partial charge in [-0.05, 0) is 50.0 Å². The molecule has 0 spiro atoms. The van der Waals surface area contributed by atoms with Crippen LogP contribution < -0.4 is 5.32 Å². The van der Waals surface area contributed by atoms with Crippen molar-refractivity contribution in [1.82, 2.24) is 15.2 Å². The molecular weight excluding hydrogens is 342 g/mol. The van der Waals surface area contributed by atoms with Crippen molar-refractivity contribution in [3.8, 4) is 0 Å². The Hall–Kier alpha value is -2.60. The standard InChI is InChI=1S/C21H27N3O3/c1-2-14-24(17-10-12-22-13-11-17)20(25)18-8-9-19(23-18)21(26)27-15-16-6-4-3-5-7-16/h3-9,17,22-23H,2,10-15H2,1H3. The second kappa shape index (κ2) is 9.37. The second-order valence-corrected chi connectivity index (χ2v) is 6.83. The predicted molar refractivity (Wildman–Crippen MR) is 104 cm³/mol. The molecule has 1 saturated heterocycles. The molecule has 0 unspecified atom stereocenters. The van der Waals surface area contributed by atoms with Gasteiger partial charge in [-0.2, -0.15) is 0 Å². The number of carbonyl (C=O) groups is 2. The number of aromatic nitrogens is 1. The number of aromatic amines is 1. The van der Waals surface area contributed by atoms with Gasteiger partial charge in [-0.25, -0.2) is 4.79 Å². The lowest BCUT2D eigenvalue weighted by molar-refractivity contribution is 0.0466. The van der Waals surface area contributed by atoms with Gasteiger partial charge in [0.05, 0.1) is 0 Å². The SMILES string of the molecule is CCCN(C(=O)c1ccc(C(=O)OCc2ccccc2)[nH]1)C1CCNCC1. The molecule has 2 heterocycles. The monoisotopic (exact) mass is 369 g/mol. The third kappa shape index (κ3) is 4.98. The Morgan fingerprint density at radius 1 is 1.07 bits per heavy atom. The summed E-state index contributed by atoms with van der Waals surface area (Å²) in [6, 6.07) is 13.1. The van der Waals surface area contributed by atoms with Crippen LogP contribution in [0.3, 0.4) is 0 Å². The van der Waals surface area contributed by atoms with Crippen molar-refractivity contribution in [3.05, 3.63) is 59.4 Å². The van der Waals surface area contributed by atoms with Crippen LogP contribution >= 0.6 is 0 Å². The predicted octanol–water partition coefficient (Wildman–Crippen LogP) is 2.98. The summed E-state index contributed by atoms with van der Waals surface area (Å²) in [6.07, 6.45) is 2.82. The minimum Gasteiger partial charge on any atom is -0.456 e. The average molecular weight is 369 g/mol. The fraction of sp³-hybridized carbons (Fsp3) is 0.429. The molecule has 0 aliphatic carbocycles. The van der Waals surface area contributed by atoms with E-state index in [1.807, 2.05) is 35.2 Å². The van der Waals surface area contributed by atoms with E-state index in [0.29, 0.717) is 11.4 Å². The number of H-pyrrole nitrogens is 1. The fourth-order valence-corrected chi connectivity index (χ4v) is 3.40. The number of benzene rings is 1. The van der Waals surface area contributed by atoms with E-state index in [1.54, 1.807) is 12.1 Å². The molecule has 2 N–H and O–H groups in total. The van der Waals surface area contributed by atoms with Gasteiger partial charge < -0.3 is 19.9 Å². The van der Waals surface area contributed by atoms with Crippen molar-refractivity contribution in [2.45, 2.75) is 38.8 Å². The number of piperidine rings is 1. The Morgan fingerprint density at radius 2 is 1.78 bits per heavy atom. The number of amides is 1. The van der Waals surface area contributed by atoms with Crippen LogP contribution in [0.1, 0.15) is 52.7 Å². The zero-order valence-electron chi connectivity index (χ0n) is 15.7. The minimum absolute atomic E-state index is 0.0501. The molecule has 6 heteroatoms.